The van der Waals surface area contributed by atoms with E-state index in [1.54, 1.807) is 0 Å². The van der Waals surface area contributed by atoms with Crippen molar-refractivity contribution in [2.75, 3.05) is 7.11 Å². The predicted molar refractivity (Wildman–Crippen MR) is 28.6 cm³/mol. The molecule has 1 heterocycles. The molecule has 1 aromatic rings. The third-order valence-corrected chi connectivity index (χ3v) is 1.27. The minimum Gasteiger partial charge on any atom is -0.480 e. The molecule has 0 atom stereocenters. The van der Waals surface area contributed by atoms with Crippen molar-refractivity contribution in [3.63, 3.8) is 0 Å². The minimum absolute atomic E-state index is 0.340. The molecule has 4 heteroatoms. The quantitative estimate of drug-likeness (QED) is 0.576. The van der Waals surface area contributed by atoms with E-state index in [0.717, 1.165) is 11.3 Å². The molecule has 2 nitrogen and oxygen atoms in total. The first-order valence-electron chi connectivity index (χ1n) is 1.98. The summed E-state index contributed by atoms with van der Waals surface area (Å²) < 4.78 is 16.5. The molecule has 1 rings (SSSR count). The molecule has 0 radical (unpaired) electrons. The number of methoxy groups -OCH3 is 1. The van der Waals surface area contributed by atoms with Crippen LogP contribution in [0.3, 0.4) is 0 Å². The topological polar surface area (TPSA) is 22.1 Å². The zero-order chi connectivity index (χ0) is 5.98. The summed E-state index contributed by atoms with van der Waals surface area (Å²) in [6.45, 7) is 0. The first-order chi connectivity index (χ1) is 3.83. The molecule has 0 aliphatic heterocycles. The summed E-state index contributed by atoms with van der Waals surface area (Å²) in [5.41, 5.74) is 0. The summed E-state index contributed by atoms with van der Waals surface area (Å²) in [6.07, 6.45) is 0. The van der Waals surface area contributed by atoms with Crippen LogP contribution in [-0.2, 0) is 0 Å². The normalized spacial score (nSPS) is 9.25. The third kappa shape index (κ3) is 0.949. The third-order valence-electron chi connectivity index (χ3n) is 0.664. The van der Waals surface area contributed by atoms with Crippen molar-refractivity contribution < 1.29 is 9.13 Å². The van der Waals surface area contributed by atoms with E-state index in [4.69, 9.17) is 0 Å². The van der Waals surface area contributed by atoms with E-state index in [-0.39, 0.29) is 0 Å². The zero-order valence-corrected chi connectivity index (χ0v) is 5.04. The first-order valence-corrected chi connectivity index (χ1v) is 2.86. The molecular weight excluding hydrogens is 129 g/mol. The smallest absolute Gasteiger partial charge is 0.272 e. The van der Waals surface area contributed by atoms with E-state index in [1.807, 2.05) is 0 Å². The summed E-state index contributed by atoms with van der Waals surface area (Å²) in [4.78, 5) is 3.36. The van der Waals surface area contributed by atoms with Gasteiger partial charge in [0.05, 0.1) is 12.5 Å². The van der Waals surface area contributed by atoms with Gasteiger partial charge in [-0.15, -0.1) is 0 Å². The number of aromatic nitrogens is 1. The van der Waals surface area contributed by atoms with E-state index in [1.165, 1.54) is 12.5 Å². The number of halogens is 1. The lowest BCUT2D eigenvalue weighted by Gasteiger charge is -1.85. The molecule has 0 unspecified atom stereocenters. The van der Waals surface area contributed by atoms with Gasteiger partial charge < -0.3 is 4.74 Å². The average Bonchev–Trinajstić information content (AvgIpc) is 2.14. The van der Waals surface area contributed by atoms with E-state index in [2.05, 4.69) is 9.72 Å². The van der Waals surface area contributed by atoms with Crippen molar-refractivity contribution in [1.29, 1.82) is 0 Å². The fourth-order valence-corrected chi connectivity index (χ4v) is 0.822. The molecule has 0 N–H and O–H groups in total. The van der Waals surface area contributed by atoms with Gasteiger partial charge in [-0.05, 0) is 0 Å². The number of rotatable bonds is 1. The van der Waals surface area contributed by atoms with Crippen LogP contribution in [0.1, 0.15) is 0 Å². The lowest BCUT2D eigenvalue weighted by molar-refractivity contribution is 0.394. The van der Waals surface area contributed by atoms with Gasteiger partial charge in [0.1, 0.15) is 0 Å². The fraction of sp³-hybridized carbons (Fsp3) is 0.250. The summed E-state index contributed by atoms with van der Waals surface area (Å²) in [5.74, 6) is 0.340. The number of thiazole rings is 1. The van der Waals surface area contributed by atoms with Crippen molar-refractivity contribution in [2.24, 2.45) is 0 Å². The molecule has 8 heavy (non-hydrogen) atoms. The second-order valence-electron chi connectivity index (χ2n) is 1.14. The Labute approximate surface area is 49.9 Å². The van der Waals surface area contributed by atoms with Crippen LogP contribution < -0.4 is 4.74 Å². The van der Waals surface area contributed by atoms with E-state index < -0.39 is 5.26 Å². The largest absolute Gasteiger partial charge is 0.480 e. The molecule has 0 aliphatic carbocycles. The Bertz CT molecular complexity index is 176. The van der Waals surface area contributed by atoms with Crippen LogP contribution in [0.25, 0.3) is 0 Å². The summed E-state index contributed by atoms with van der Waals surface area (Å²) in [7, 11) is 1.45. The van der Waals surface area contributed by atoms with Crippen molar-refractivity contribution in [3.8, 4) is 5.88 Å². The molecule has 0 fully saturated rings. The lowest BCUT2D eigenvalue weighted by Crippen LogP contribution is -1.80. The van der Waals surface area contributed by atoms with Crippen LogP contribution >= 0.6 is 11.3 Å². The summed E-state index contributed by atoms with van der Waals surface area (Å²) in [5, 5.41) is 1.05. The van der Waals surface area contributed by atoms with Crippen molar-refractivity contribution in [1.82, 2.24) is 4.98 Å². The highest BCUT2D eigenvalue weighted by molar-refractivity contribution is 7.08. The molecule has 0 aromatic carbocycles. The van der Waals surface area contributed by atoms with Crippen molar-refractivity contribution >= 4 is 11.3 Å². The highest BCUT2D eigenvalue weighted by Crippen LogP contribution is 2.12. The highest BCUT2D eigenvalue weighted by atomic mass is 32.1. The number of hydrogen-bond donors (Lipinski definition) is 0. The van der Waals surface area contributed by atoms with Crippen LogP contribution in [0.4, 0.5) is 4.39 Å². The fourth-order valence-electron chi connectivity index (χ4n) is 0.332. The second-order valence-corrected chi connectivity index (χ2v) is 1.95. The van der Waals surface area contributed by atoms with Crippen LogP contribution in [-0.4, -0.2) is 12.1 Å². The average molecular weight is 133 g/mol. The van der Waals surface area contributed by atoms with Gasteiger partial charge in [0.25, 0.3) is 5.26 Å². The zero-order valence-electron chi connectivity index (χ0n) is 4.22. The van der Waals surface area contributed by atoms with Crippen molar-refractivity contribution in [2.45, 2.75) is 0 Å². The maximum Gasteiger partial charge on any atom is 0.272 e. The van der Waals surface area contributed by atoms with E-state index in [0.29, 0.717) is 5.88 Å². The summed E-state index contributed by atoms with van der Waals surface area (Å²) in [6, 6.07) is 0. The van der Waals surface area contributed by atoms with E-state index >= 15 is 0 Å². The molecule has 0 aliphatic rings. The van der Waals surface area contributed by atoms with Gasteiger partial charge >= 0.3 is 0 Å². The maximum atomic E-state index is 11.9. The van der Waals surface area contributed by atoms with Crippen LogP contribution in [0, 0.1) is 5.26 Å². The molecular formula is C4H4FNOS. The second kappa shape index (κ2) is 2.09. The number of hydrogen-bond acceptors (Lipinski definition) is 3. The molecule has 44 valence electrons. The molecule has 0 bridgehead atoms. The minimum atomic E-state index is -0.457. The van der Waals surface area contributed by atoms with Crippen molar-refractivity contribution in [3.05, 3.63) is 10.6 Å². The Morgan fingerprint density at radius 3 is 2.88 bits per heavy atom. The van der Waals surface area contributed by atoms with Gasteiger partial charge in [-0.25, -0.2) is 0 Å². The van der Waals surface area contributed by atoms with Crippen LogP contribution in [0.15, 0.2) is 5.38 Å². The van der Waals surface area contributed by atoms with Gasteiger partial charge in [0.15, 0.2) is 0 Å². The Kier molecular flexibility index (Phi) is 1.43. The predicted octanol–water partition coefficient (Wildman–Crippen LogP) is 1.29. The lowest BCUT2D eigenvalue weighted by atomic mass is 10.9. The van der Waals surface area contributed by atoms with Gasteiger partial charge in [-0.2, -0.15) is 9.37 Å². The molecule has 0 saturated carbocycles. The molecule has 0 saturated heterocycles. The Hall–Kier alpha value is -0.640. The highest BCUT2D eigenvalue weighted by Gasteiger charge is 1.96. The van der Waals surface area contributed by atoms with Gasteiger partial charge in [0, 0.05) is 0 Å². The van der Waals surface area contributed by atoms with Gasteiger partial charge in [0.2, 0.25) is 5.88 Å². The van der Waals surface area contributed by atoms with Gasteiger partial charge in [-0.3, -0.25) is 0 Å². The maximum absolute atomic E-state index is 11.9. The Morgan fingerprint density at radius 1 is 1.88 bits per heavy atom. The molecule has 0 spiro atoms. The summed E-state index contributed by atoms with van der Waals surface area (Å²) >= 11 is 0.926. The standard InChI is InChI=1S/C4H4FNOS/c1-7-3-2-8-4(5)6-3/h2H,1H3. The molecule has 0 amide bonds. The SMILES string of the molecule is COc1csc(F)n1. The monoisotopic (exact) mass is 133 g/mol. The van der Waals surface area contributed by atoms with E-state index in [9.17, 15) is 4.39 Å². The Balaban J connectivity index is 2.84. The number of ether oxygens (including phenoxy) is 1. The first kappa shape index (κ1) is 5.50. The van der Waals surface area contributed by atoms with Crippen LogP contribution in [0.5, 0.6) is 5.88 Å². The number of nitrogens with zero attached hydrogens (tertiary/aromatic N) is 1. The Morgan fingerprint density at radius 2 is 2.62 bits per heavy atom. The van der Waals surface area contributed by atoms with Crippen LogP contribution in [0.2, 0.25) is 0 Å². The van der Waals surface area contributed by atoms with Gasteiger partial charge in [-0.1, -0.05) is 11.3 Å². The molecule has 1 aromatic heterocycles.